The lowest BCUT2D eigenvalue weighted by Crippen LogP contribution is -2.31. The molecule has 0 bridgehead atoms. The van der Waals surface area contributed by atoms with Crippen LogP contribution >= 0.6 is 0 Å². The fraction of sp³-hybridized carbons (Fsp3) is 0.375. The van der Waals surface area contributed by atoms with Crippen molar-refractivity contribution in [1.29, 1.82) is 5.26 Å². The van der Waals surface area contributed by atoms with Crippen LogP contribution in [0.4, 0.5) is 0 Å². The van der Waals surface area contributed by atoms with Gasteiger partial charge in [0, 0.05) is 24.3 Å². The predicted octanol–water partition coefficient (Wildman–Crippen LogP) is 2.65. The molecular formula is C16H18N4. The lowest BCUT2D eigenvalue weighted by atomic mass is 10.1. The van der Waals surface area contributed by atoms with Crippen molar-refractivity contribution in [2.24, 2.45) is 5.92 Å². The Morgan fingerprint density at radius 2 is 2.15 bits per heavy atom. The van der Waals surface area contributed by atoms with Crippen molar-refractivity contribution in [3.05, 3.63) is 48.3 Å². The van der Waals surface area contributed by atoms with Gasteiger partial charge in [-0.15, -0.1) is 0 Å². The molecule has 0 aliphatic heterocycles. The minimum atomic E-state index is 0.166. The van der Waals surface area contributed by atoms with Crippen LogP contribution in [0.3, 0.4) is 0 Å². The molecule has 2 unspecified atom stereocenters. The van der Waals surface area contributed by atoms with Gasteiger partial charge in [-0.2, -0.15) is 10.4 Å². The van der Waals surface area contributed by atoms with E-state index in [4.69, 9.17) is 5.26 Å². The molecule has 1 fully saturated rings. The molecule has 0 spiro atoms. The van der Waals surface area contributed by atoms with Crippen LogP contribution in [0.15, 0.2) is 42.7 Å². The molecule has 3 rings (SSSR count). The van der Waals surface area contributed by atoms with E-state index in [0.717, 1.165) is 37.1 Å². The van der Waals surface area contributed by atoms with Crippen molar-refractivity contribution in [2.75, 3.05) is 0 Å². The van der Waals surface area contributed by atoms with E-state index in [9.17, 15) is 0 Å². The number of para-hydroxylation sites is 1. The molecule has 2 atom stereocenters. The van der Waals surface area contributed by atoms with Crippen LogP contribution in [-0.4, -0.2) is 15.8 Å². The van der Waals surface area contributed by atoms with Crippen molar-refractivity contribution in [1.82, 2.24) is 15.1 Å². The summed E-state index contributed by atoms with van der Waals surface area (Å²) in [6, 6.07) is 12.8. The first-order chi connectivity index (χ1) is 9.86. The summed E-state index contributed by atoms with van der Waals surface area (Å²) in [6.45, 7) is 0.773. The van der Waals surface area contributed by atoms with E-state index in [1.165, 1.54) is 0 Å². The molecule has 1 saturated carbocycles. The van der Waals surface area contributed by atoms with Crippen molar-refractivity contribution >= 4 is 0 Å². The van der Waals surface area contributed by atoms with E-state index in [1.54, 1.807) is 0 Å². The average molecular weight is 266 g/mol. The summed E-state index contributed by atoms with van der Waals surface area (Å²) in [5.41, 5.74) is 2.21. The van der Waals surface area contributed by atoms with Crippen molar-refractivity contribution in [2.45, 2.75) is 31.8 Å². The standard InChI is InChI=1S/C16H18N4/c17-9-14-5-4-8-16(14)18-10-13-11-19-20(12-13)15-6-2-1-3-7-15/h1-3,6-7,11-12,14,16,18H,4-5,8,10H2. The van der Waals surface area contributed by atoms with Gasteiger partial charge in [-0.25, -0.2) is 4.68 Å². The molecule has 1 aromatic heterocycles. The fourth-order valence-electron chi connectivity index (χ4n) is 2.78. The van der Waals surface area contributed by atoms with Gasteiger partial charge < -0.3 is 5.32 Å². The van der Waals surface area contributed by atoms with Crippen LogP contribution in [0.25, 0.3) is 5.69 Å². The first-order valence-electron chi connectivity index (χ1n) is 7.09. The summed E-state index contributed by atoms with van der Waals surface area (Å²) in [4.78, 5) is 0. The Hall–Kier alpha value is -2.12. The average Bonchev–Trinajstić information content (AvgIpc) is 3.15. The van der Waals surface area contributed by atoms with Gasteiger partial charge in [0.15, 0.2) is 0 Å². The predicted molar refractivity (Wildman–Crippen MR) is 77.1 cm³/mol. The van der Waals surface area contributed by atoms with Crippen molar-refractivity contribution in [3.63, 3.8) is 0 Å². The summed E-state index contributed by atoms with van der Waals surface area (Å²) in [6.07, 6.45) is 7.21. The molecule has 4 heteroatoms. The van der Waals surface area contributed by atoms with Crippen LogP contribution in [0, 0.1) is 17.2 Å². The Bertz CT molecular complexity index is 596. The van der Waals surface area contributed by atoms with Gasteiger partial charge in [-0.1, -0.05) is 24.6 Å². The van der Waals surface area contributed by atoms with Crippen LogP contribution < -0.4 is 5.32 Å². The third-order valence-corrected chi connectivity index (χ3v) is 3.91. The van der Waals surface area contributed by atoms with Crippen LogP contribution in [0.1, 0.15) is 24.8 Å². The molecule has 1 N–H and O–H groups in total. The number of nitrogens with one attached hydrogen (secondary N) is 1. The maximum Gasteiger partial charge on any atom is 0.0672 e. The Morgan fingerprint density at radius 3 is 2.95 bits per heavy atom. The highest BCUT2D eigenvalue weighted by Gasteiger charge is 2.26. The third-order valence-electron chi connectivity index (χ3n) is 3.91. The highest BCUT2D eigenvalue weighted by Crippen LogP contribution is 2.25. The second-order valence-electron chi connectivity index (χ2n) is 5.28. The van der Waals surface area contributed by atoms with Crippen LogP contribution in [-0.2, 0) is 6.54 Å². The summed E-state index contributed by atoms with van der Waals surface area (Å²) < 4.78 is 1.88. The normalized spacial score (nSPS) is 21.8. The summed E-state index contributed by atoms with van der Waals surface area (Å²) >= 11 is 0. The number of hydrogen-bond donors (Lipinski definition) is 1. The Kier molecular flexibility index (Phi) is 3.80. The van der Waals surface area contributed by atoms with Gasteiger partial charge in [0.05, 0.1) is 23.9 Å². The van der Waals surface area contributed by atoms with E-state index in [2.05, 4.69) is 16.5 Å². The Morgan fingerprint density at radius 1 is 1.30 bits per heavy atom. The minimum Gasteiger partial charge on any atom is -0.308 e. The lowest BCUT2D eigenvalue weighted by Gasteiger charge is -2.14. The molecule has 0 radical (unpaired) electrons. The van der Waals surface area contributed by atoms with Gasteiger partial charge in [0.2, 0.25) is 0 Å². The van der Waals surface area contributed by atoms with E-state index in [0.29, 0.717) is 6.04 Å². The molecule has 1 aliphatic carbocycles. The number of hydrogen-bond acceptors (Lipinski definition) is 3. The van der Waals surface area contributed by atoms with E-state index in [-0.39, 0.29) is 5.92 Å². The lowest BCUT2D eigenvalue weighted by molar-refractivity contribution is 0.464. The molecule has 1 heterocycles. The summed E-state index contributed by atoms with van der Waals surface area (Å²) in [5.74, 6) is 0.166. The smallest absolute Gasteiger partial charge is 0.0672 e. The highest BCUT2D eigenvalue weighted by atomic mass is 15.3. The Balaban J connectivity index is 1.62. The van der Waals surface area contributed by atoms with Gasteiger partial charge in [-0.3, -0.25) is 0 Å². The number of nitrogens with zero attached hydrogens (tertiary/aromatic N) is 3. The van der Waals surface area contributed by atoms with Gasteiger partial charge in [0.1, 0.15) is 0 Å². The van der Waals surface area contributed by atoms with Gasteiger partial charge >= 0.3 is 0 Å². The summed E-state index contributed by atoms with van der Waals surface area (Å²) in [7, 11) is 0. The quantitative estimate of drug-likeness (QED) is 0.925. The van der Waals surface area contributed by atoms with E-state index >= 15 is 0 Å². The second-order valence-corrected chi connectivity index (χ2v) is 5.28. The molecule has 20 heavy (non-hydrogen) atoms. The van der Waals surface area contributed by atoms with E-state index in [1.807, 2.05) is 47.4 Å². The van der Waals surface area contributed by atoms with Crippen molar-refractivity contribution in [3.8, 4) is 11.8 Å². The second kappa shape index (κ2) is 5.89. The van der Waals surface area contributed by atoms with Crippen molar-refractivity contribution < 1.29 is 0 Å². The fourth-order valence-corrected chi connectivity index (χ4v) is 2.78. The van der Waals surface area contributed by atoms with Gasteiger partial charge in [-0.05, 0) is 25.0 Å². The molecule has 2 aromatic rings. The monoisotopic (exact) mass is 266 g/mol. The maximum absolute atomic E-state index is 9.08. The van der Waals surface area contributed by atoms with E-state index < -0.39 is 0 Å². The highest BCUT2D eigenvalue weighted by molar-refractivity contribution is 5.30. The largest absolute Gasteiger partial charge is 0.308 e. The number of aromatic nitrogens is 2. The molecule has 1 aliphatic rings. The van der Waals surface area contributed by atoms with Crippen LogP contribution in [0.5, 0.6) is 0 Å². The summed E-state index contributed by atoms with van der Waals surface area (Å²) in [5, 5.41) is 17.0. The first-order valence-corrected chi connectivity index (χ1v) is 7.09. The molecule has 102 valence electrons. The number of benzene rings is 1. The zero-order valence-electron chi connectivity index (χ0n) is 11.4. The SMILES string of the molecule is N#CC1CCCC1NCc1cnn(-c2ccccc2)c1. The zero-order chi connectivity index (χ0) is 13.8. The number of rotatable bonds is 4. The zero-order valence-corrected chi connectivity index (χ0v) is 11.4. The molecular weight excluding hydrogens is 248 g/mol. The first kappa shape index (κ1) is 12.9. The van der Waals surface area contributed by atoms with Gasteiger partial charge in [0.25, 0.3) is 0 Å². The Labute approximate surface area is 119 Å². The molecule has 1 aromatic carbocycles. The molecule has 0 saturated heterocycles. The maximum atomic E-state index is 9.08. The molecule has 4 nitrogen and oxygen atoms in total. The van der Waals surface area contributed by atoms with Crippen LogP contribution in [0.2, 0.25) is 0 Å². The number of nitriles is 1. The third kappa shape index (κ3) is 2.73. The minimum absolute atomic E-state index is 0.166. The molecule has 0 amide bonds. The topological polar surface area (TPSA) is 53.6 Å².